The number of Topliss-reactive ketones (excluding diaryl/α,β-unsaturated/α-hetero) is 1. The zero-order valence-corrected chi connectivity index (χ0v) is 15.0. The van der Waals surface area contributed by atoms with Gasteiger partial charge in [0.2, 0.25) is 17.3 Å². The van der Waals surface area contributed by atoms with Crippen LogP contribution in [-0.2, 0) is 4.74 Å². The summed E-state index contributed by atoms with van der Waals surface area (Å²) in [6.45, 7) is 0.946. The van der Waals surface area contributed by atoms with Gasteiger partial charge in [-0.25, -0.2) is 4.79 Å². The number of ketones is 2. The number of aromatic nitrogens is 1. The number of ether oxygens (including phenoxy) is 2. The van der Waals surface area contributed by atoms with Crippen molar-refractivity contribution in [3.8, 4) is 5.75 Å². The molecule has 0 atom stereocenters. The molecule has 1 aliphatic rings. The number of thioether (sulfide) groups is 1. The van der Waals surface area contributed by atoms with Crippen LogP contribution in [0.3, 0.4) is 0 Å². The zero-order valence-electron chi connectivity index (χ0n) is 14.2. The molecule has 0 saturated heterocycles. The van der Waals surface area contributed by atoms with Gasteiger partial charge in [-0.15, -0.1) is 11.8 Å². The summed E-state index contributed by atoms with van der Waals surface area (Å²) < 4.78 is 15.2. The van der Waals surface area contributed by atoms with Crippen molar-refractivity contribution in [3.63, 3.8) is 0 Å². The summed E-state index contributed by atoms with van der Waals surface area (Å²) in [5, 5.41) is 6.05. The van der Waals surface area contributed by atoms with Crippen molar-refractivity contribution in [1.82, 2.24) is 10.5 Å². The highest BCUT2D eigenvalue weighted by atomic mass is 32.2. The molecule has 1 N–H and O–H groups in total. The number of fused-ring (bicyclic) bond motifs is 1. The van der Waals surface area contributed by atoms with Gasteiger partial charge in [0, 0.05) is 18.4 Å². The van der Waals surface area contributed by atoms with Crippen molar-refractivity contribution >= 4 is 29.4 Å². The second-order valence-electron chi connectivity index (χ2n) is 5.36. The summed E-state index contributed by atoms with van der Waals surface area (Å²) in [6, 6.07) is 8.73. The standard InChI is InChI=1S/C18H16N2O6S/c21-14-10-15(16(22)13-11-20-26-17(13)14)27-9-8-24-7-6-19-18(23)25-12-4-2-1-3-5-12/h1-5,10-11H,6-9H2,(H,19,23). The summed E-state index contributed by atoms with van der Waals surface area (Å²) in [7, 11) is 0. The number of rotatable bonds is 8. The Bertz CT molecular complexity index is 862. The van der Waals surface area contributed by atoms with E-state index in [4.69, 9.17) is 14.0 Å². The third-order valence-corrected chi connectivity index (χ3v) is 4.46. The monoisotopic (exact) mass is 388 g/mol. The molecule has 0 spiro atoms. The number of nitrogens with one attached hydrogen (secondary N) is 1. The van der Waals surface area contributed by atoms with Crippen LogP contribution in [0.15, 0.2) is 52.0 Å². The summed E-state index contributed by atoms with van der Waals surface area (Å²) in [5.74, 6) is 0.282. The van der Waals surface area contributed by atoms with E-state index in [0.717, 1.165) is 0 Å². The summed E-state index contributed by atoms with van der Waals surface area (Å²) in [4.78, 5) is 35.9. The van der Waals surface area contributed by atoms with Gasteiger partial charge in [0.05, 0.1) is 29.9 Å². The van der Waals surface area contributed by atoms with Crippen LogP contribution in [0.5, 0.6) is 5.75 Å². The minimum absolute atomic E-state index is 0.0194. The Morgan fingerprint density at radius 2 is 2.00 bits per heavy atom. The number of allylic oxidation sites excluding steroid dienone is 2. The zero-order chi connectivity index (χ0) is 19.1. The molecule has 9 heteroatoms. The van der Waals surface area contributed by atoms with Gasteiger partial charge < -0.3 is 19.3 Å². The number of carbonyl (C=O) groups excluding carboxylic acids is 3. The van der Waals surface area contributed by atoms with E-state index in [2.05, 4.69) is 10.5 Å². The van der Waals surface area contributed by atoms with Gasteiger partial charge >= 0.3 is 6.09 Å². The van der Waals surface area contributed by atoms with Crippen LogP contribution in [0, 0.1) is 0 Å². The van der Waals surface area contributed by atoms with Crippen LogP contribution >= 0.6 is 11.8 Å². The molecule has 27 heavy (non-hydrogen) atoms. The number of benzene rings is 1. The topological polar surface area (TPSA) is 108 Å². The molecule has 140 valence electrons. The van der Waals surface area contributed by atoms with E-state index in [0.29, 0.717) is 36.2 Å². The minimum atomic E-state index is -0.555. The first kappa shape index (κ1) is 18.9. The van der Waals surface area contributed by atoms with Gasteiger partial charge in [-0.3, -0.25) is 9.59 Å². The van der Waals surface area contributed by atoms with E-state index in [1.807, 2.05) is 6.07 Å². The van der Waals surface area contributed by atoms with Gasteiger partial charge in [0.15, 0.2) is 0 Å². The lowest BCUT2D eigenvalue weighted by atomic mass is 10.0. The predicted octanol–water partition coefficient (Wildman–Crippen LogP) is 2.48. The number of para-hydroxylation sites is 1. The Hall–Kier alpha value is -2.91. The van der Waals surface area contributed by atoms with Gasteiger partial charge in [-0.1, -0.05) is 23.4 Å². The highest BCUT2D eigenvalue weighted by Crippen LogP contribution is 2.27. The number of carbonyl (C=O) groups is 3. The lowest BCUT2D eigenvalue weighted by Crippen LogP contribution is -2.30. The summed E-state index contributed by atoms with van der Waals surface area (Å²) in [5.41, 5.74) is 0.187. The molecule has 0 fully saturated rings. The molecule has 1 aromatic carbocycles. The predicted molar refractivity (Wildman–Crippen MR) is 97.0 cm³/mol. The van der Waals surface area contributed by atoms with E-state index in [9.17, 15) is 14.4 Å². The first-order valence-electron chi connectivity index (χ1n) is 8.12. The van der Waals surface area contributed by atoms with Crippen molar-refractivity contribution in [2.45, 2.75) is 0 Å². The first-order chi connectivity index (χ1) is 13.1. The summed E-state index contributed by atoms with van der Waals surface area (Å²) >= 11 is 1.23. The summed E-state index contributed by atoms with van der Waals surface area (Å²) in [6.07, 6.45) is 1.95. The quantitative estimate of drug-likeness (QED) is 0.687. The van der Waals surface area contributed by atoms with E-state index in [-0.39, 0.29) is 22.9 Å². The average molecular weight is 388 g/mol. The fourth-order valence-corrected chi connectivity index (χ4v) is 3.09. The van der Waals surface area contributed by atoms with Crippen LogP contribution in [0.2, 0.25) is 0 Å². The molecule has 0 saturated carbocycles. The molecule has 0 aliphatic heterocycles. The molecule has 0 bridgehead atoms. The van der Waals surface area contributed by atoms with Crippen molar-refractivity contribution < 1.29 is 28.4 Å². The first-order valence-corrected chi connectivity index (χ1v) is 9.10. The lowest BCUT2D eigenvalue weighted by Gasteiger charge is -2.10. The van der Waals surface area contributed by atoms with Crippen LogP contribution in [0.25, 0.3) is 0 Å². The van der Waals surface area contributed by atoms with Gasteiger partial charge in [0.25, 0.3) is 0 Å². The van der Waals surface area contributed by atoms with Crippen LogP contribution in [-0.4, -0.2) is 48.3 Å². The molecule has 8 nitrogen and oxygen atoms in total. The fraction of sp³-hybridized carbons (Fsp3) is 0.222. The van der Waals surface area contributed by atoms with E-state index in [1.165, 1.54) is 24.0 Å². The van der Waals surface area contributed by atoms with Crippen LogP contribution in [0.4, 0.5) is 4.79 Å². The van der Waals surface area contributed by atoms with E-state index in [1.54, 1.807) is 24.3 Å². The Kier molecular flexibility index (Phi) is 6.39. The third-order valence-electron chi connectivity index (χ3n) is 3.48. The molecule has 1 amide bonds. The van der Waals surface area contributed by atoms with Gasteiger partial charge in [-0.2, -0.15) is 0 Å². The van der Waals surface area contributed by atoms with Crippen molar-refractivity contribution in [3.05, 3.63) is 58.8 Å². The molecule has 1 aliphatic carbocycles. The van der Waals surface area contributed by atoms with Crippen molar-refractivity contribution in [2.24, 2.45) is 0 Å². The average Bonchev–Trinajstić information content (AvgIpc) is 3.16. The van der Waals surface area contributed by atoms with Crippen LogP contribution in [0.1, 0.15) is 20.9 Å². The Labute approximate surface area is 158 Å². The number of hydrogen-bond acceptors (Lipinski definition) is 8. The minimum Gasteiger partial charge on any atom is -0.410 e. The molecule has 1 heterocycles. The van der Waals surface area contributed by atoms with Gasteiger partial charge in [0.1, 0.15) is 5.75 Å². The maximum absolute atomic E-state index is 12.2. The van der Waals surface area contributed by atoms with E-state index < -0.39 is 6.09 Å². The molecule has 0 radical (unpaired) electrons. The molecule has 2 aromatic rings. The maximum Gasteiger partial charge on any atom is 0.412 e. The SMILES string of the molecule is O=C(NCCOCCSC1=CC(=O)c2oncc2C1=O)Oc1ccccc1. The molecular weight excluding hydrogens is 372 g/mol. The molecular formula is C18H16N2O6S. The smallest absolute Gasteiger partial charge is 0.410 e. The maximum atomic E-state index is 12.2. The lowest BCUT2D eigenvalue weighted by molar-refractivity contribution is 0.0967. The van der Waals surface area contributed by atoms with Crippen molar-refractivity contribution in [2.75, 3.05) is 25.5 Å². The second-order valence-corrected chi connectivity index (χ2v) is 6.50. The number of nitrogens with zero attached hydrogens (tertiary/aromatic N) is 1. The number of hydrogen-bond donors (Lipinski definition) is 1. The van der Waals surface area contributed by atoms with E-state index >= 15 is 0 Å². The molecule has 0 unspecified atom stereocenters. The fourth-order valence-electron chi connectivity index (χ4n) is 2.24. The molecule has 1 aromatic heterocycles. The van der Waals surface area contributed by atoms with Crippen LogP contribution < -0.4 is 10.1 Å². The Morgan fingerprint density at radius 3 is 2.81 bits per heavy atom. The molecule has 3 rings (SSSR count). The Balaban J connectivity index is 1.29. The highest BCUT2D eigenvalue weighted by Gasteiger charge is 2.29. The third kappa shape index (κ3) is 5.05. The second kappa shape index (κ2) is 9.15. The number of amides is 1. The largest absolute Gasteiger partial charge is 0.412 e. The normalized spacial score (nSPS) is 13.1. The van der Waals surface area contributed by atoms with Gasteiger partial charge in [-0.05, 0) is 12.1 Å². The highest BCUT2D eigenvalue weighted by molar-refractivity contribution is 8.04. The van der Waals surface area contributed by atoms with Crippen molar-refractivity contribution in [1.29, 1.82) is 0 Å². The Morgan fingerprint density at radius 1 is 1.19 bits per heavy atom.